The van der Waals surface area contributed by atoms with Gasteiger partial charge in [0.05, 0.1) is 12.2 Å². The molecule has 0 atom stereocenters. The first kappa shape index (κ1) is 10.8. The van der Waals surface area contributed by atoms with Crippen molar-refractivity contribution in [2.45, 2.75) is 26.7 Å². The van der Waals surface area contributed by atoms with E-state index in [9.17, 15) is 9.59 Å². The molecule has 1 aliphatic heterocycles. The van der Waals surface area contributed by atoms with Crippen LogP contribution in [0, 0.1) is 0 Å². The van der Waals surface area contributed by atoms with Crippen molar-refractivity contribution < 1.29 is 14.3 Å². The van der Waals surface area contributed by atoms with E-state index in [4.69, 9.17) is 4.74 Å². The molecule has 0 spiro atoms. The lowest BCUT2D eigenvalue weighted by atomic mass is 10.0. The Bertz CT molecular complexity index is 294. The van der Waals surface area contributed by atoms with Crippen LogP contribution in [0.5, 0.6) is 0 Å². The predicted octanol–water partition coefficient (Wildman–Crippen LogP) is 1.08. The molecule has 4 nitrogen and oxygen atoms in total. The van der Waals surface area contributed by atoms with Gasteiger partial charge in [0.1, 0.15) is 0 Å². The Morgan fingerprint density at radius 3 is 2.71 bits per heavy atom. The number of esters is 1. The summed E-state index contributed by atoms with van der Waals surface area (Å²) in [7, 11) is 1.68. The lowest BCUT2D eigenvalue weighted by Gasteiger charge is -2.25. The van der Waals surface area contributed by atoms with Crippen molar-refractivity contribution in [1.29, 1.82) is 0 Å². The van der Waals surface area contributed by atoms with E-state index in [1.807, 2.05) is 0 Å². The maximum atomic E-state index is 11.4. The smallest absolute Gasteiger partial charge is 0.335 e. The van der Waals surface area contributed by atoms with Gasteiger partial charge in [-0.15, -0.1) is 0 Å². The molecule has 0 fully saturated rings. The maximum absolute atomic E-state index is 11.4. The zero-order valence-electron chi connectivity index (χ0n) is 8.79. The summed E-state index contributed by atoms with van der Waals surface area (Å²) < 4.78 is 4.90. The quantitative estimate of drug-likeness (QED) is 0.622. The number of rotatable bonds is 2. The van der Waals surface area contributed by atoms with Crippen LogP contribution in [0.2, 0.25) is 0 Å². The number of carbonyl (C=O) groups is 2. The highest BCUT2D eigenvalue weighted by molar-refractivity contribution is 5.93. The standard InChI is InChI=1S/C10H15NO3/c1-4-14-10(13)8-5-6-9(12)11(3)7(8)2/h4-6H2,1-3H3. The van der Waals surface area contributed by atoms with Gasteiger partial charge in [-0.25, -0.2) is 4.79 Å². The summed E-state index contributed by atoms with van der Waals surface area (Å²) in [5.41, 5.74) is 1.33. The molecule has 0 radical (unpaired) electrons. The van der Waals surface area contributed by atoms with E-state index in [2.05, 4.69) is 0 Å². The Morgan fingerprint density at radius 1 is 1.50 bits per heavy atom. The second-order valence-electron chi connectivity index (χ2n) is 3.24. The third-order valence-corrected chi connectivity index (χ3v) is 2.42. The average Bonchev–Trinajstić information content (AvgIpc) is 2.15. The van der Waals surface area contributed by atoms with Crippen LogP contribution in [-0.4, -0.2) is 30.4 Å². The molecule has 1 aliphatic rings. The van der Waals surface area contributed by atoms with Crippen molar-refractivity contribution in [3.63, 3.8) is 0 Å². The van der Waals surface area contributed by atoms with Crippen molar-refractivity contribution in [2.75, 3.05) is 13.7 Å². The minimum absolute atomic E-state index is 0.0514. The average molecular weight is 197 g/mol. The lowest BCUT2D eigenvalue weighted by Crippen LogP contribution is -2.31. The normalized spacial score (nSPS) is 17.4. The molecule has 1 rings (SSSR count). The summed E-state index contributed by atoms with van der Waals surface area (Å²) >= 11 is 0. The topological polar surface area (TPSA) is 46.6 Å². The van der Waals surface area contributed by atoms with Gasteiger partial charge < -0.3 is 9.64 Å². The van der Waals surface area contributed by atoms with E-state index in [1.165, 1.54) is 4.90 Å². The van der Waals surface area contributed by atoms with Crippen LogP contribution in [0.1, 0.15) is 26.7 Å². The van der Waals surface area contributed by atoms with Crippen LogP contribution in [0.3, 0.4) is 0 Å². The maximum Gasteiger partial charge on any atom is 0.335 e. The Kier molecular flexibility index (Phi) is 3.28. The van der Waals surface area contributed by atoms with Gasteiger partial charge >= 0.3 is 5.97 Å². The molecule has 78 valence electrons. The van der Waals surface area contributed by atoms with Gasteiger partial charge in [-0.3, -0.25) is 4.79 Å². The molecule has 0 unspecified atom stereocenters. The third kappa shape index (κ3) is 1.95. The fourth-order valence-corrected chi connectivity index (χ4v) is 1.44. The number of hydrogen-bond acceptors (Lipinski definition) is 3. The predicted molar refractivity (Wildman–Crippen MR) is 51.3 cm³/mol. The van der Waals surface area contributed by atoms with Gasteiger partial charge in [-0.2, -0.15) is 0 Å². The Hall–Kier alpha value is -1.32. The van der Waals surface area contributed by atoms with Gasteiger partial charge in [-0.05, 0) is 20.3 Å². The summed E-state index contributed by atoms with van der Waals surface area (Å²) in [6.07, 6.45) is 0.885. The number of hydrogen-bond donors (Lipinski definition) is 0. The van der Waals surface area contributed by atoms with Crippen LogP contribution in [0.25, 0.3) is 0 Å². The van der Waals surface area contributed by atoms with E-state index in [0.29, 0.717) is 30.7 Å². The molecule has 1 heterocycles. The molecule has 0 saturated heterocycles. The zero-order valence-corrected chi connectivity index (χ0v) is 8.79. The van der Waals surface area contributed by atoms with Gasteiger partial charge in [0.15, 0.2) is 0 Å². The third-order valence-electron chi connectivity index (χ3n) is 2.42. The number of nitrogens with zero attached hydrogens (tertiary/aromatic N) is 1. The zero-order chi connectivity index (χ0) is 10.7. The molecular formula is C10H15NO3. The highest BCUT2D eigenvalue weighted by Crippen LogP contribution is 2.22. The molecule has 14 heavy (non-hydrogen) atoms. The Balaban J connectivity index is 2.87. The van der Waals surface area contributed by atoms with E-state index >= 15 is 0 Å². The van der Waals surface area contributed by atoms with E-state index in [0.717, 1.165) is 0 Å². The second kappa shape index (κ2) is 4.26. The minimum Gasteiger partial charge on any atom is -0.463 e. The molecule has 0 aromatic carbocycles. The summed E-state index contributed by atoms with van der Waals surface area (Å²) in [5, 5.41) is 0. The minimum atomic E-state index is -0.302. The van der Waals surface area contributed by atoms with Gasteiger partial charge in [0.25, 0.3) is 0 Å². The van der Waals surface area contributed by atoms with Gasteiger partial charge in [0.2, 0.25) is 5.91 Å². The molecule has 0 aromatic heterocycles. The SMILES string of the molecule is CCOC(=O)C1=C(C)N(C)C(=O)CC1. The second-order valence-corrected chi connectivity index (χ2v) is 3.24. The van der Waals surface area contributed by atoms with Crippen molar-refractivity contribution in [3.05, 3.63) is 11.3 Å². The molecular weight excluding hydrogens is 182 g/mol. The molecule has 0 aliphatic carbocycles. The molecule has 0 aromatic rings. The Labute approximate surface area is 83.5 Å². The van der Waals surface area contributed by atoms with Crippen molar-refractivity contribution >= 4 is 11.9 Å². The monoisotopic (exact) mass is 197 g/mol. The van der Waals surface area contributed by atoms with Crippen molar-refractivity contribution in [3.8, 4) is 0 Å². The molecule has 0 N–H and O–H groups in total. The summed E-state index contributed by atoms with van der Waals surface area (Å²) in [4.78, 5) is 24.2. The van der Waals surface area contributed by atoms with Gasteiger partial charge in [0, 0.05) is 19.2 Å². The molecule has 0 bridgehead atoms. The fourth-order valence-electron chi connectivity index (χ4n) is 1.44. The van der Waals surface area contributed by atoms with Crippen molar-refractivity contribution in [2.24, 2.45) is 0 Å². The number of carbonyl (C=O) groups excluding carboxylic acids is 2. The van der Waals surface area contributed by atoms with Crippen LogP contribution in [-0.2, 0) is 14.3 Å². The van der Waals surface area contributed by atoms with Crippen LogP contribution in [0.4, 0.5) is 0 Å². The van der Waals surface area contributed by atoms with Gasteiger partial charge in [-0.1, -0.05) is 0 Å². The molecule has 1 amide bonds. The van der Waals surface area contributed by atoms with E-state index in [1.54, 1.807) is 20.9 Å². The van der Waals surface area contributed by atoms with E-state index < -0.39 is 0 Å². The first-order valence-electron chi connectivity index (χ1n) is 4.71. The number of amides is 1. The summed E-state index contributed by atoms with van der Waals surface area (Å²) in [5.74, 6) is -0.250. The largest absolute Gasteiger partial charge is 0.463 e. The molecule has 4 heteroatoms. The number of ether oxygens (including phenoxy) is 1. The van der Waals surface area contributed by atoms with Crippen LogP contribution >= 0.6 is 0 Å². The molecule has 0 saturated carbocycles. The summed E-state index contributed by atoms with van der Waals surface area (Å²) in [6.45, 7) is 3.90. The van der Waals surface area contributed by atoms with Crippen LogP contribution in [0.15, 0.2) is 11.3 Å². The summed E-state index contributed by atoms with van der Waals surface area (Å²) in [6, 6.07) is 0. The lowest BCUT2D eigenvalue weighted by molar-refractivity contribution is -0.139. The highest BCUT2D eigenvalue weighted by Gasteiger charge is 2.25. The highest BCUT2D eigenvalue weighted by atomic mass is 16.5. The van der Waals surface area contributed by atoms with Crippen molar-refractivity contribution in [1.82, 2.24) is 4.90 Å². The first-order chi connectivity index (χ1) is 6.57. The Morgan fingerprint density at radius 2 is 2.14 bits per heavy atom. The first-order valence-corrected chi connectivity index (χ1v) is 4.71. The fraction of sp³-hybridized carbons (Fsp3) is 0.600. The van der Waals surface area contributed by atoms with Crippen LogP contribution < -0.4 is 0 Å². The number of allylic oxidation sites excluding steroid dienone is 1. The van der Waals surface area contributed by atoms with E-state index in [-0.39, 0.29) is 11.9 Å².